The summed E-state index contributed by atoms with van der Waals surface area (Å²) < 4.78 is 5.15. The Kier molecular flexibility index (Phi) is 3.63. The van der Waals surface area contributed by atoms with Crippen LogP contribution in [0.3, 0.4) is 0 Å². The van der Waals surface area contributed by atoms with Crippen molar-refractivity contribution in [3.8, 4) is 22.4 Å². The topological polar surface area (TPSA) is 45.9 Å². The number of nitrogens with zero attached hydrogens (tertiary/aromatic N) is 2. The van der Waals surface area contributed by atoms with Gasteiger partial charge in [0.1, 0.15) is 5.40 Å². The van der Waals surface area contributed by atoms with E-state index in [0.29, 0.717) is 5.75 Å². The van der Waals surface area contributed by atoms with Gasteiger partial charge in [-0.05, 0) is 17.8 Å². The number of rotatable bonds is 3. The number of hydrogen-bond acceptors (Lipinski definition) is 4. The van der Waals surface area contributed by atoms with Crippen LogP contribution >= 0.6 is 11.8 Å². The third-order valence-corrected chi connectivity index (χ3v) is 2.91. The van der Waals surface area contributed by atoms with Crippen LogP contribution < -0.4 is 4.74 Å². The number of thioether (sulfide) groups is 1. The molecule has 0 fully saturated rings. The van der Waals surface area contributed by atoms with E-state index in [2.05, 4.69) is 4.98 Å². The fourth-order valence-corrected chi connectivity index (χ4v) is 1.98. The number of aromatic nitrogens is 1. The van der Waals surface area contributed by atoms with E-state index in [1.807, 2.05) is 41.8 Å². The molecule has 1 heterocycles. The predicted octanol–water partition coefficient (Wildman–Crippen LogP) is 3.33. The number of methoxy groups -OCH3 is 1. The zero-order chi connectivity index (χ0) is 12.1. The second-order valence-electron chi connectivity index (χ2n) is 3.28. The smallest absolute Gasteiger partial charge is 0.151 e. The van der Waals surface area contributed by atoms with Crippen LogP contribution in [0.25, 0.3) is 11.3 Å². The molecule has 0 saturated carbocycles. The molecule has 0 aliphatic rings. The first kappa shape index (κ1) is 11.5. The zero-order valence-corrected chi connectivity index (χ0v) is 10.1. The van der Waals surface area contributed by atoms with Gasteiger partial charge in [-0.2, -0.15) is 5.26 Å². The van der Waals surface area contributed by atoms with Crippen LogP contribution in [0.1, 0.15) is 0 Å². The number of hydrogen-bond donors (Lipinski definition) is 0. The minimum absolute atomic E-state index is 0.622. The largest absolute Gasteiger partial charge is 0.494 e. The fraction of sp³-hybridized carbons (Fsp3) is 0.0769. The Labute approximate surface area is 104 Å². The molecule has 17 heavy (non-hydrogen) atoms. The van der Waals surface area contributed by atoms with Gasteiger partial charge in [-0.3, -0.25) is 4.98 Å². The summed E-state index contributed by atoms with van der Waals surface area (Å²) in [7, 11) is 1.57. The lowest BCUT2D eigenvalue weighted by Gasteiger charge is -2.06. The van der Waals surface area contributed by atoms with E-state index in [9.17, 15) is 0 Å². The molecule has 2 aromatic rings. The molecule has 0 aliphatic heterocycles. The predicted molar refractivity (Wildman–Crippen MR) is 67.7 cm³/mol. The second kappa shape index (κ2) is 5.37. The molecule has 0 saturated heterocycles. The van der Waals surface area contributed by atoms with E-state index in [-0.39, 0.29) is 0 Å². The van der Waals surface area contributed by atoms with Crippen LogP contribution in [0.2, 0.25) is 0 Å². The van der Waals surface area contributed by atoms with Gasteiger partial charge in [0.15, 0.2) is 5.75 Å². The van der Waals surface area contributed by atoms with E-state index in [4.69, 9.17) is 10.00 Å². The van der Waals surface area contributed by atoms with E-state index in [0.717, 1.165) is 27.9 Å². The number of nitriles is 1. The molecule has 0 atom stereocenters. The van der Waals surface area contributed by atoms with Gasteiger partial charge < -0.3 is 4.74 Å². The average molecular weight is 242 g/mol. The van der Waals surface area contributed by atoms with Crippen molar-refractivity contribution in [3.63, 3.8) is 0 Å². The van der Waals surface area contributed by atoms with Gasteiger partial charge in [0, 0.05) is 5.56 Å². The number of pyridine rings is 1. The van der Waals surface area contributed by atoms with E-state index in [1.54, 1.807) is 13.3 Å². The molecule has 4 heteroatoms. The highest BCUT2D eigenvalue weighted by atomic mass is 32.2. The normalized spacial score (nSPS) is 9.65. The summed E-state index contributed by atoms with van der Waals surface area (Å²) >= 11 is 1.08. The van der Waals surface area contributed by atoms with E-state index < -0.39 is 0 Å². The molecule has 1 aromatic heterocycles. The summed E-state index contributed by atoms with van der Waals surface area (Å²) in [5, 5.41) is 10.8. The first-order valence-corrected chi connectivity index (χ1v) is 5.82. The third-order valence-electron chi connectivity index (χ3n) is 2.28. The standard InChI is InChI=1S/C13H10N2OS/c1-16-12-8-15-11(7-13(12)17-9-14)10-5-3-2-4-6-10/h2-8H,1H3. The fourth-order valence-electron chi connectivity index (χ4n) is 1.47. The molecule has 3 nitrogen and oxygen atoms in total. The Balaban J connectivity index is 2.44. The summed E-state index contributed by atoms with van der Waals surface area (Å²) in [5.74, 6) is 0.622. The minimum atomic E-state index is 0.622. The molecule has 0 radical (unpaired) electrons. The number of benzene rings is 1. The highest BCUT2D eigenvalue weighted by Gasteiger charge is 2.07. The van der Waals surface area contributed by atoms with Crippen LogP contribution in [-0.2, 0) is 0 Å². The van der Waals surface area contributed by atoms with Gasteiger partial charge in [-0.15, -0.1) is 0 Å². The lowest BCUT2D eigenvalue weighted by Crippen LogP contribution is -1.90. The lowest BCUT2D eigenvalue weighted by molar-refractivity contribution is 0.403. The van der Waals surface area contributed by atoms with E-state index >= 15 is 0 Å². The summed E-state index contributed by atoms with van der Waals surface area (Å²) in [6, 6.07) is 11.7. The van der Waals surface area contributed by atoms with Gasteiger partial charge in [-0.1, -0.05) is 30.3 Å². The highest BCUT2D eigenvalue weighted by Crippen LogP contribution is 2.31. The molecular weight excluding hydrogens is 232 g/mol. The third kappa shape index (κ3) is 2.58. The molecule has 0 spiro atoms. The maximum atomic E-state index is 8.74. The van der Waals surface area contributed by atoms with Crippen molar-refractivity contribution in [1.29, 1.82) is 5.26 Å². The lowest BCUT2D eigenvalue weighted by atomic mass is 10.1. The first-order chi connectivity index (χ1) is 8.35. The maximum Gasteiger partial charge on any atom is 0.151 e. The Morgan fingerprint density at radius 1 is 1.29 bits per heavy atom. The molecule has 0 N–H and O–H groups in total. The van der Waals surface area contributed by atoms with Gasteiger partial charge in [0.2, 0.25) is 0 Å². The molecule has 84 valence electrons. The van der Waals surface area contributed by atoms with Crippen LogP contribution in [0.4, 0.5) is 0 Å². The van der Waals surface area contributed by atoms with Gasteiger partial charge in [0.25, 0.3) is 0 Å². The monoisotopic (exact) mass is 242 g/mol. The summed E-state index contributed by atoms with van der Waals surface area (Å²) in [4.78, 5) is 5.10. The zero-order valence-electron chi connectivity index (χ0n) is 9.25. The maximum absolute atomic E-state index is 8.74. The number of ether oxygens (including phenoxy) is 1. The van der Waals surface area contributed by atoms with Gasteiger partial charge in [0.05, 0.1) is 23.9 Å². The molecule has 2 rings (SSSR count). The van der Waals surface area contributed by atoms with Crippen molar-refractivity contribution in [1.82, 2.24) is 4.98 Å². The van der Waals surface area contributed by atoms with Crippen molar-refractivity contribution < 1.29 is 4.74 Å². The minimum Gasteiger partial charge on any atom is -0.494 e. The van der Waals surface area contributed by atoms with Crippen LogP contribution in [-0.4, -0.2) is 12.1 Å². The SMILES string of the molecule is COc1cnc(-c2ccccc2)cc1SC#N. The van der Waals surface area contributed by atoms with Crippen LogP contribution in [0.15, 0.2) is 47.5 Å². The summed E-state index contributed by atoms with van der Waals surface area (Å²) in [6.07, 6.45) is 1.64. The Morgan fingerprint density at radius 2 is 2.06 bits per heavy atom. The highest BCUT2D eigenvalue weighted by molar-refractivity contribution is 8.03. The molecule has 0 bridgehead atoms. The quantitative estimate of drug-likeness (QED) is 0.611. The number of thiocyanates is 1. The molecule has 0 amide bonds. The van der Waals surface area contributed by atoms with Crippen molar-refractivity contribution in [2.75, 3.05) is 7.11 Å². The van der Waals surface area contributed by atoms with Gasteiger partial charge in [-0.25, -0.2) is 0 Å². The van der Waals surface area contributed by atoms with Crippen LogP contribution in [0.5, 0.6) is 5.75 Å². The van der Waals surface area contributed by atoms with Crippen LogP contribution in [0, 0.1) is 10.7 Å². The van der Waals surface area contributed by atoms with Crippen molar-refractivity contribution in [2.45, 2.75) is 4.90 Å². The first-order valence-electron chi connectivity index (χ1n) is 5.00. The average Bonchev–Trinajstić information content (AvgIpc) is 2.40. The van der Waals surface area contributed by atoms with Gasteiger partial charge >= 0.3 is 0 Å². The van der Waals surface area contributed by atoms with Crippen molar-refractivity contribution >= 4 is 11.8 Å². The summed E-state index contributed by atoms with van der Waals surface area (Å²) in [6.45, 7) is 0. The second-order valence-corrected chi connectivity index (χ2v) is 4.11. The Morgan fingerprint density at radius 3 is 2.71 bits per heavy atom. The van der Waals surface area contributed by atoms with Crippen molar-refractivity contribution in [2.24, 2.45) is 0 Å². The summed E-state index contributed by atoms with van der Waals surface area (Å²) in [5.41, 5.74) is 1.86. The Hall–Kier alpha value is -1.99. The Bertz CT molecular complexity index is 549. The molecule has 0 unspecified atom stereocenters. The van der Waals surface area contributed by atoms with E-state index in [1.165, 1.54) is 0 Å². The molecule has 0 aliphatic carbocycles. The molecule has 1 aromatic carbocycles. The van der Waals surface area contributed by atoms with Crippen molar-refractivity contribution in [3.05, 3.63) is 42.6 Å². The molecular formula is C13H10N2OS.